The first-order valence-corrected chi connectivity index (χ1v) is 9.05. The van der Waals surface area contributed by atoms with E-state index in [9.17, 15) is 4.79 Å². The van der Waals surface area contributed by atoms with Crippen LogP contribution in [0.3, 0.4) is 0 Å². The zero-order valence-electron chi connectivity index (χ0n) is 13.8. The molecule has 3 rings (SSSR count). The van der Waals surface area contributed by atoms with E-state index in [1.807, 2.05) is 17.7 Å². The molecule has 23 heavy (non-hydrogen) atoms. The van der Waals surface area contributed by atoms with Crippen molar-refractivity contribution in [3.63, 3.8) is 0 Å². The molecule has 6 nitrogen and oxygen atoms in total. The number of hydrogen-bond acceptors (Lipinski definition) is 5. The highest BCUT2D eigenvalue weighted by atomic mass is 32.2. The van der Waals surface area contributed by atoms with Gasteiger partial charge < -0.3 is 4.90 Å². The number of piperidine rings is 1. The lowest BCUT2D eigenvalue weighted by Gasteiger charge is -2.27. The lowest BCUT2D eigenvalue weighted by molar-refractivity contribution is 0.561. The van der Waals surface area contributed by atoms with Gasteiger partial charge >= 0.3 is 0 Å². The van der Waals surface area contributed by atoms with Gasteiger partial charge in [-0.15, -0.1) is 5.92 Å². The van der Waals surface area contributed by atoms with Crippen molar-refractivity contribution in [2.45, 2.75) is 37.9 Å². The zero-order valence-corrected chi connectivity index (χ0v) is 14.6. The second-order valence-corrected chi connectivity index (χ2v) is 6.38. The van der Waals surface area contributed by atoms with Gasteiger partial charge in [-0.3, -0.25) is 13.9 Å². The maximum Gasteiger partial charge on any atom is 0.280 e. The van der Waals surface area contributed by atoms with E-state index in [0.717, 1.165) is 31.9 Å². The van der Waals surface area contributed by atoms with E-state index in [1.54, 1.807) is 11.6 Å². The first kappa shape index (κ1) is 15.9. The van der Waals surface area contributed by atoms with Crippen molar-refractivity contribution in [1.82, 2.24) is 19.1 Å². The summed E-state index contributed by atoms with van der Waals surface area (Å²) in [5, 5.41) is 0.680. The molecule has 0 unspecified atom stereocenters. The molecule has 2 aromatic heterocycles. The molecule has 0 aliphatic carbocycles. The Labute approximate surface area is 139 Å². The Morgan fingerprint density at radius 1 is 1.22 bits per heavy atom. The maximum atomic E-state index is 12.8. The fraction of sp³-hybridized carbons (Fsp3) is 0.562. The number of hydrogen-bond donors (Lipinski definition) is 0. The average Bonchev–Trinajstić information content (AvgIpc) is 2.95. The van der Waals surface area contributed by atoms with Gasteiger partial charge in [0.15, 0.2) is 16.3 Å². The molecule has 2 aromatic rings. The Bertz CT molecular complexity index is 836. The van der Waals surface area contributed by atoms with Crippen LogP contribution in [0, 0.1) is 11.8 Å². The van der Waals surface area contributed by atoms with Crippen molar-refractivity contribution < 1.29 is 0 Å². The summed E-state index contributed by atoms with van der Waals surface area (Å²) >= 11 is 1.45. The summed E-state index contributed by atoms with van der Waals surface area (Å²) in [6.45, 7) is 4.22. The van der Waals surface area contributed by atoms with E-state index >= 15 is 0 Å². The van der Waals surface area contributed by atoms with Crippen LogP contribution in [0.15, 0.2) is 9.95 Å². The lowest BCUT2D eigenvalue weighted by Crippen LogP contribution is -2.32. The highest BCUT2D eigenvalue weighted by Crippen LogP contribution is 2.23. The smallest absolute Gasteiger partial charge is 0.280 e. The van der Waals surface area contributed by atoms with Gasteiger partial charge in [-0.05, 0) is 32.4 Å². The van der Waals surface area contributed by atoms with Crippen LogP contribution >= 0.6 is 11.8 Å². The second-order valence-electron chi connectivity index (χ2n) is 5.61. The van der Waals surface area contributed by atoms with E-state index in [4.69, 9.17) is 0 Å². The Morgan fingerprint density at radius 2 is 1.96 bits per heavy atom. The van der Waals surface area contributed by atoms with Crippen molar-refractivity contribution in [3.8, 4) is 11.8 Å². The number of anilines is 1. The van der Waals surface area contributed by atoms with Crippen LogP contribution in [0.1, 0.15) is 26.2 Å². The molecule has 1 aliphatic rings. The molecule has 122 valence electrons. The predicted molar refractivity (Wildman–Crippen MR) is 94.1 cm³/mol. The molecular formula is C16H21N5OS. The first-order chi connectivity index (χ1) is 11.2. The molecule has 1 saturated heterocycles. The van der Waals surface area contributed by atoms with Gasteiger partial charge in [0.2, 0.25) is 5.95 Å². The number of fused-ring (bicyclic) bond motifs is 1. The van der Waals surface area contributed by atoms with Gasteiger partial charge in [0.1, 0.15) is 0 Å². The van der Waals surface area contributed by atoms with Gasteiger partial charge in [0.05, 0.1) is 6.54 Å². The van der Waals surface area contributed by atoms with E-state index in [0.29, 0.717) is 22.9 Å². The maximum absolute atomic E-state index is 12.8. The van der Waals surface area contributed by atoms with Crippen molar-refractivity contribution in [1.29, 1.82) is 0 Å². The zero-order chi connectivity index (χ0) is 16.4. The summed E-state index contributed by atoms with van der Waals surface area (Å²) in [7, 11) is 1.75. The first-order valence-electron chi connectivity index (χ1n) is 7.83. The van der Waals surface area contributed by atoms with E-state index < -0.39 is 0 Å². The fourth-order valence-electron chi connectivity index (χ4n) is 2.95. The molecule has 0 radical (unpaired) electrons. The minimum Gasteiger partial charge on any atom is -0.342 e. The van der Waals surface area contributed by atoms with Crippen molar-refractivity contribution in [3.05, 3.63) is 10.4 Å². The van der Waals surface area contributed by atoms with Crippen LogP contribution in [0.4, 0.5) is 5.95 Å². The van der Waals surface area contributed by atoms with E-state index in [-0.39, 0.29) is 5.56 Å². The molecule has 3 heterocycles. The van der Waals surface area contributed by atoms with Crippen LogP contribution in [-0.4, -0.2) is 38.4 Å². The summed E-state index contributed by atoms with van der Waals surface area (Å²) in [6.07, 6.45) is 5.48. The van der Waals surface area contributed by atoms with Gasteiger partial charge in [-0.2, -0.15) is 4.98 Å². The Balaban J connectivity index is 2.23. The molecule has 0 bridgehead atoms. The third-order valence-electron chi connectivity index (χ3n) is 4.16. The van der Waals surface area contributed by atoms with Crippen molar-refractivity contribution in [2.75, 3.05) is 24.2 Å². The molecule has 7 heteroatoms. The Kier molecular flexibility index (Phi) is 4.62. The number of imidazole rings is 1. The minimum absolute atomic E-state index is 0.0620. The molecule has 1 fully saturated rings. The molecule has 1 aliphatic heterocycles. The summed E-state index contributed by atoms with van der Waals surface area (Å²) < 4.78 is 3.52. The molecule has 0 spiro atoms. The number of nitrogens with zero attached hydrogens (tertiary/aromatic N) is 5. The van der Waals surface area contributed by atoms with Gasteiger partial charge in [-0.25, -0.2) is 4.98 Å². The molecule has 0 aromatic carbocycles. The fourth-order valence-corrected chi connectivity index (χ4v) is 3.49. The number of rotatable bonds is 3. The predicted octanol–water partition coefficient (Wildman–Crippen LogP) is 1.87. The van der Waals surface area contributed by atoms with Crippen LogP contribution in [-0.2, 0) is 13.6 Å². The molecule has 0 atom stereocenters. The third kappa shape index (κ3) is 2.83. The van der Waals surface area contributed by atoms with E-state index in [1.165, 1.54) is 18.2 Å². The molecule has 0 saturated carbocycles. The molecular weight excluding hydrogens is 310 g/mol. The van der Waals surface area contributed by atoms with Gasteiger partial charge in [-0.1, -0.05) is 17.7 Å². The summed E-state index contributed by atoms with van der Waals surface area (Å²) in [6, 6.07) is 0. The second kappa shape index (κ2) is 6.67. The highest BCUT2D eigenvalue weighted by molar-refractivity contribution is 7.98. The van der Waals surface area contributed by atoms with E-state index in [2.05, 4.69) is 26.7 Å². The SMILES string of the molecule is CC#CCn1c(N2CCCCC2)nc2nc(SC)n(C)c(=O)c21. The van der Waals surface area contributed by atoms with Crippen molar-refractivity contribution in [2.24, 2.45) is 7.05 Å². The van der Waals surface area contributed by atoms with Crippen LogP contribution < -0.4 is 10.5 Å². The van der Waals surface area contributed by atoms with Crippen LogP contribution in [0.2, 0.25) is 0 Å². The average molecular weight is 331 g/mol. The normalized spacial score (nSPS) is 14.8. The van der Waals surface area contributed by atoms with Crippen LogP contribution in [0.25, 0.3) is 11.2 Å². The monoisotopic (exact) mass is 331 g/mol. The quantitative estimate of drug-likeness (QED) is 0.488. The lowest BCUT2D eigenvalue weighted by atomic mass is 10.1. The largest absolute Gasteiger partial charge is 0.342 e. The molecule has 0 amide bonds. The topological polar surface area (TPSA) is 56.0 Å². The summed E-state index contributed by atoms with van der Waals surface area (Å²) in [5.74, 6) is 6.79. The van der Waals surface area contributed by atoms with Crippen LogP contribution in [0.5, 0.6) is 0 Å². The number of thioether (sulfide) groups is 1. The number of aromatic nitrogens is 4. The Morgan fingerprint density at radius 3 is 2.61 bits per heavy atom. The third-order valence-corrected chi connectivity index (χ3v) is 4.89. The minimum atomic E-state index is -0.0620. The highest BCUT2D eigenvalue weighted by Gasteiger charge is 2.22. The Hall–Kier alpha value is -1.94. The van der Waals surface area contributed by atoms with Crippen molar-refractivity contribution >= 4 is 28.9 Å². The summed E-state index contributed by atoms with van der Waals surface area (Å²) in [4.78, 5) is 24.3. The molecule has 0 N–H and O–H groups in total. The summed E-state index contributed by atoms with van der Waals surface area (Å²) in [5.41, 5.74) is 1.01. The standard InChI is InChI=1S/C16H21N5OS/c1-4-5-11-21-12-13(18-16(23-3)19(2)14(12)22)17-15(21)20-9-7-6-8-10-20/h6-11H2,1-3H3. The van der Waals surface area contributed by atoms with Gasteiger partial charge in [0, 0.05) is 20.1 Å². The van der Waals surface area contributed by atoms with Gasteiger partial charge in [0.25, 0.3) is 5.56 Å².